The molecule has 1 aliphatic carbocycles. The number of hydrogen-bond acceptors (Lipinski definition) is 6. The number of likely N-dealkylation sites (tertiary alicyclic amines) is 1. The molecular formula is C23H23NO6. The van der Waals surface area contributed by atoms with Crippen LogP contribution in [0, 0.1) is 0 Å². The van der Waals surface area contributed by atoms with Crippen molar-refractivity contribution in [3.8, 4) is 11.1 Å². The van der Waals surface area contributed by atoms with Crippen molar-refractivity contribution in [3.05, 3.63) is 59.7 Å². The number of fused-ring (bicyclic) bond motifs is 3. The van der Waals surface area contributed by atoms with Gasteiger partial charge in [-0.25, -0.2) is 9.59 Å². The van der Waals surface area contributed by atoms with Gasteiger partial charge in [0.1, 0.15) is 18.8 Å². The van der Waals surface area contributed by atoms with Gasteiger partial charge < -0.3 is 14.2 Å². The summed E-state index contributed by atoms with van der Waals surface area (Å²) in [7, 11) is 1.27. The highest BCUT2D eigenvalue weighted by atomic mass is 16.6. The smallest absolute Gasteiger partial charge is 0.410 e. The van der Waals surface area contributed by atoms with E-state index in [0.717, 1.165) is 22.3 Å². The second kappa shape index (κ2) is 8.57. The lowest BCUT2D eigenvalue weighted by Crippen LogP contribution is -2.52. The van der Waals surface area contributed by atoms with Crippen LogP contribution in [0.25, 0.3) is 11.1 Å². The van der Waals surface area contributed by atoms with Gasteiger partial charge in [0.05, 0.1) is 7.11 Å². The molecule has 0 radical (unpaired) electrons. The zero-order valence-electron chi connectivity index (χ0n) is 16.7. The van der Waals surface area contributed by atoms with Crippen molar-refractivity contribution in [2.75, 3.05) is 20.3 Å². The quantitative estimate of drug-likeness (QED) is 0.429. The van der Waals surface area contributed by atoms with Crippen LogP contribution in [0.4, 0.5) is 4.79 Å². The molecule has 30 heavy (non-hydrogen) atoms. The van der Waals surface area contributed by atoms with E-state index in [1.807, 2.05) is 36.4 Å². The zero-order chi connectivity index (χ0) is 21.1. The Morgan fingerprint density at radius 3 is 2.30 bits per heavy atom. The Labute approximate surface area is 174 Å². The highest BCUT2D eigenvalue weighted by molar-refractivity contribution is 5.82. The Hall–Kier alpha value is -3.35. The number of rotatable bonds is 5. The molecule has 1 saturated heterocycles. The number of piperidine rings is 1. The largest absolute Gasteiger partial charge is 0.467 e. The van der Waals surface area contributed by atoms with E-state index in [-0.39, 0.29) is 25.5 Å². The summed E-state index contributed by atoms with van der Waals surface area (Å²) >= 11 is 0. The molecule has 1 fully saturated rings. The number of carbonyl (C=O) groups is 3. The molecule has 2 aromatic rings. The summed E-state index contributed by atoms with van der Waals surface area (Å²) in [6.07, 6.45) is -0.368. The SMILES string of the molecule is COC(=O)[C@H]1C[C@@H](OC=O)CCN1C(=O)OCC1c2ccccc2-c2ccccc21. The van der Waals surface area contributed by atoms with Crippen molar-refractivity contribution in [2.45, 2.75) is 30.9 Å². The first-order valence-electron chi connectivity index (χ1n) is 9.92. The average Bonchev–Trinajstić information content (AvgIpc) is 3.11. The first-order valence-corrected chi connectivity index (χ1v) is 9.92. The van der Waals surface area contributed by atoms with Crippen molar-refractivity contribution < 1.29 is 28.6 Å². The van der Waals surface area contributed by atoms with Crippen LogP contribution in [0.1, 0.15) is 29.9 Å². The van der Waals surface area contributed by atoms with Crippen molar-refractivity contribution in [2.24, 2.45) is 0 Å². The molecule has 0 spiro atoms. The molecule has 1 heterocycles. The number of carbonyl (C=O) groups excluding carboxylic acids is 3. The third-order valence-corrected chi connectivity index (χ3v) is 5.85. The van der Waals surface area contributed by atoms with Crippen molar-refractivity contribution in [1.82, 2.24) is 4.90 Å². The minimum atomic E-state index is -0.843. The molecule has 1 aliphatic heterocycles. The first-order chi connectivity index (χ1) is 14.6. The summed E-state index contributed by atoms with van der Waals surface area (Å²) in [5, 5.41) is 0. The maximum atomic E-state index is 12.9. The fourth-order valence-corrected chi connectivity index (χ4v) is 4.39. The molecule has 0 bridgehead atoms. The minimum Gasteiger partial charge on any atom is -0.467 e. The van der Waals surface area contributed by atoms with E-state index < -0.39 is 24.2 Å². The van der Waals surface area contributed by atoms with Crippen molar-refractivity contribution in [3.63, 3.8) is 0 Å². The lowest BCUT2D eigenvalue weighted by Gasteiger charge is -2.36. The zero-order valence-corrected chi connectivity index (χ0v) is 16.7. The molecule has 2 aromatic carbocycles. The summed E-state index contributed by atoms with van der Waals surface area (Å²) in [6, 6.07) is 15.3. The van der Waals surface area contributed by atoms with Crippen molar-refractivity contribution in [1.29, 1.82) is 0 Å². The third kappa shape index (κ3) is 3.63. The molecule has 0 N–H and O–H groups in total. The predicted octanol–water partition coefficient (Wildman–Crippen LogP) is 3.11. The van der Waals surface area contributed by atoms with Gasteiger partial charge in [-0.15, -0.1) is 0 Å². The summed E-state index contributed by atoms with van der Waals surface area (Å²) in [5.74, 6) is -0.614. The highest BCUT2D eigenvalue weighted by Gasteiger charge is 2.39. The van der Waals surface area contributed by atoms with E-state index in [9.17, 15) is 14.4 Å². The van der Waals surface area contributed by atoms with Crippen LogP contribution in [0.3, 0.4) is 0 Å². The van der Waals surface area contributed by atoms with Gasteiger partial charge in [-0.2, -0.15) is 0 Å². The van der Waals surface area contributed by atoms with Gasteiger partial charge in [0, 0.05) is 25.3 Å². The molecule has 0 aromatic heterocycles. The van der Waals surface area contributed by atoms with Gasteiger partial charge in [0.25, 0.3) is 6.47 Å². The van der Waals surface area contributed by atoms with Crippen molar-refractivity contribution >= 4 is 18.5 Å². The maximum Gasteiger partial charge on any atom is 0.410 e. The molecular weight excluding hydrogens is 386 g/mol. The number of methoxy groups -OCH3 is 1. The van der Waals surface area contributed by atoms with Crippen LogP contribution in [0.5, 0.6) is 0 Å². The number of esters is 1. The monoisotopic (exact) mass is 409 g/mol. The molecule has 1 amide bonds. The molecule has 2 aliphatic rings. The number of amides is 1. The van der Waals surface area contributed by atoms with Gasteiger partial charge in [0.15, 0.2) is 0 Å². The lowest BCUT2D eigenvalue weighted by atomic mass is 9.98. The Bertz CT molecular complexity index is 913. The lowest BCUT2D eigenvalue weighted by molar-refractivity contribution is -0.152. The molecule has 7 heteroatoms. The fourth-order valence-electron chi connectivity index (χ4n) is 4.39. The van der Waals surface area contributed by atoms with Gasteiger partial charge in [-0.1, -0.05) is 48.5 Å². The second-order valence-corrected chi connectivity index (χ2v) is 7.42. The second-order valence-electron chi connectivity index (χ2n) is 7.42. The summed E-state index contributed by atoms with van der Waals surface area (Å²) in [4.78, 5) is 37.1. The van der Waals surface area contributed by atoms with Gasteiger partial charge in [-0.3, -0.25) is 9.69 Å². The number of benzene rings is 2. The average molecular weight is 409 g/mol. The van der Waals surface area contributed by atoms with E-state index in [0.29, 0.717) is 12.9 Å². The van der Waals surface area contributed by atoms with Gasteiger partial charge >= 0.3 is 12.1 Å². The van der Waals surface area contributed by atoms with Gasteiger partial charge in [0.2, 0.25) is 0 Å². The minimum absolute atomic E-state index is 0.0612. The van der Waals surface area contributed by atoms with Crippen LogP contribution in [0.15, 0.2) is 48.5 Å². The van der Waals surface area contributed by atoms with E-state index >= 15 is 0 Å². The molecule has 0 unspecified atom stereocenters. The number of hydrogen-bond donors (Lipinski definition) is 0. The summed E-state index contributed by atoms with van der Waals surface area (Å²) in [6.45, 7) is 0.780. The summed E-state index contributed by atoms with van der Waals surface area (Å²) in [5.41, 5.74) is 4.53. The number of ether oxygens (including phenoxy) is 3. The normalized spacial score (nSPS) is 20.1. The Morgan fingerprint density at radius 1 is 1.07 bits per heavy atom. The molecule has 0 saturated carbocycles. The first kappa shape index (κ1) is 19.9. The van der Waals surface area contributed by atoms with Crippen LogP contribution in [-0.4, -0.2) is 55.8 Å². The maximum absolute atomic E-state index is 12.9. The van der Waals surface area contributed by atoms with E-state index in [1.165, 1.54) is 12.0 Å². The third-order valence-electron chi connectivity index (χ3n) is 5.85. The Morgan fingerprint density at radius 2 is 1.70 bits per heavy atom. The number of nitrogens with zero attached hydrogens (tertiary/aromatic N) is 1. The van der Waals surface area contributed by atoms with Crippen LogP contribution >= 0.6 is 0 Å². The highest BCUT2D eigenvalue weighted by Crippen LogP contribution is 2.44. The van der Waals surface area contributed by atoms with E-state index in [1.54, 1.807) is 0 Å². The molecule has 4 rings (SSSR count). The van der Waals surface area contributed by atoms with Crippen LogP contribution in [-0.2, 0) is 23.8 Å². The topological polar surface area (TPSA) is 82.1 Å². The Kier molecular flexibility index (Phi) is 5.70. The van der Waals surface area contributed by atoms with Crippen LogP contribution < -0.4 is 0 Å². The standard InChI is InChI=1S/C23H23NO6/c1-28-22(26)21-12-15(30-14-25)10-11-24(21)23(27)29-13-20-18-8-4-2-6-16(18)17-7-3-5-9-19(17)20/h2-9,14-15,20-21H,10-13H2,1H3/t15-,21+/m0/s1. The molecule has 2 atom stereocenters. The fraction of sp³-hybridized carbons (Fsp3) is 0.348. The summed E-state index contributed by atoms with van der Waals surface area (Å²) < 4.78 is 15.5. The predicted molar refractivity (Wildman–Crippen MR) is 108 cm³/mol. The molecule has 156 valence electrons. The van der Waals surface area contributed by atoms with E-state index in [4.69, 9.17) is 14.2 Å². The van der Waals surface area contributed by atoms with Crippen LogP contribution in [0.2, 0.25) is 0 Å². The van der Waals surface area contributed by atoms with Gasteiger partial charge in [-0.05, 0) is 22.3 Å². The molecule has 7 nitrogen and oxygen atoms in total. The van der Waals surface area contributed by atoms with E-state index in [2.05, 4.69) is 12.1 Å². The Balaban J connectivity index is 1.49.